The number of nitrogens with zero attached hydrogens (tertiary/aromatic N) is 2. The molecule has 2 saturated heterocycles. The molecule has 0 aromatic heterocycles. The highest BCUT2D eigenvalue weighted by molar-refractivity contribution is 6.00. The molecule has 4 heteroatoms. The average molecular weight is 238 g/mol. The predicted octanol–water partition coefficient (Wildman–Crippen LogP) is 0.910. The molecule has 0 N–H and O–H groups in total. The van der Waals surface area contributed by atoms with Gasteiger partial charge in [0.05, 0.1) is 6.42 Å². The zero-order valence-corrected chi connectivity index (χ0v) is 10.7. The standard InChI is InChI=1S/C13H22N2O2/c1-2-14-6-3-11(4-7-14)10-15-8-5-12(16)9-13(15)17/h11H,2-10H2,1H3. The van der Waals surface area contributed by atoms with E-state index in [-0.39, 0.29) is 18.1 Å². The number of rotatable bonds is 3. The van der Waals surface area contributed by atoms with Crippen molar-refractivity contribution in [1.29, 1.82) is 0 Å². The van der Waals surface area contributed by atoms with E-state index >= 15 is 0 Å². The smallest absolute Gasteiger partial charge is 0.230 e. The fourth-order valence-corrected chi connectivity index (χ4v) is 2.74. The Kier molecular flexibility index (Phi) is 4.15. The SMILES string of the molecule is CCN1CCC(CN2CCC(=O)CC2=O)CC1. The van der Waals surface area contributed by atoms with Crippen molar-refractivity contribution >= 4 is 11.7 Å². The first-order valence-electron chi connectivity index (χ1n) is 6.71. The van der Waals surface area contributed by atoms with Crippen molar-refractivity contribution in [1.82, 2.24) is 9.80 Å². The van der Waals surface area contributed by atoms with Crippen LogP contribution in [0.2, 0.25) is 0 Å². The van der Waals surface area contributed by atoms with Crippen molar-refractivity contribution in [3.05, 3.63) is 0 Å². The van der Waals surface area contributed by atoms with Gasteiger partial charge in [-0.1, -0.05) is 6.92 Å². The molecule has 2 rings (SSSR count). The van der Waals surface area contributed by atoms with Crippen LogP contribution in [0.1, 0.15) is 32.6 Å². The second-order valence-electron chi connectivity index (χ2n) is 5.18. The number of carbonyl (C=O) groups excluding carboxylic acids is 2. The third-order valence-corrected chi connectivity index (χ3v) is 3.99. The molecule has 96 valence electrons. The monoisotopic (exact) mass is 238 g/mol. The minimum absolute atomic E-state index is 0.0409. The molecule has 0 aliphatic carbocycles. The molecule has 0 saturated carbocycles. The molecule has 0 atom stereocenters. The maximum atomic E-state index is 11.7. The lowest BCUT2D eigenvalue weighted by Gasteiger charge is -2.35. The minimum Gasteiger partial charge on any atom is -0.342 e. The zero-order valence-electron chi connectivity index (χ0n) is 10.7. The van der Waals surface area contributed by atoms with Crippen LogP contribution >= 0.6 is 0 Å². The first kappa shape index (κ1) is 12.6. The van der Waals surface area contributed by atoms with E-state index in [9.17, 15) is 9.59 Å². The van der Waals surface area contributed by atoms with Crippen LogP contribution in [0, 0.1) is 5.92 Å². The van der Waals surface area contributed by atoms with Crippen molar-refractivity contribution in [2.24, 2.45) is 5.92 Å². The molecule has 0 bridgehead atoms. The van der Waals surface area contributed by atoms with Crippen molar-refractivity contribution in [3.8, 4) is 0 Å². The van der Waals surface area contributed by atoms with Gasteiger partial charge >= 0.3 is 0 Å². The Bertz CT molecular complexity index is 296. The van der Waals surface area contributed by atoms with Crippen LogP contribution in [0.4, 0.5) is 0 Å². The second-order valence-corrected chi connectivity index (χ2v) is 5.18. The van der Waals surface area contributed by atoms with Crippen molar-refractivity contribution in [2.45, 2.75) is 32.6 Å². The van der Waals surface area contributed by atoms with Crippen LogP contribution in [0.15, 0.2) is 0 Å². The maximum Gasteiger partial charge on any atom is 0.230 e. The van der Waals surface area contributed by atoms with Gasteiger partial charge in [-0.3, -0.25) is 9.59 Å². The van der Waals surface area contributed by atoms with Crippen molar-refractivity contribution in [2.75, 3.05) is 32.7 Å². The molecule has 2 heterocycles. The molecule has 0 aromatic rings. The van der Waals surface area contributed by atoms with E-state index in [2.05, 4.69) is 11.8 Å². The maximum absolute atomic E-state index is 11.7. The van der Waals surface area contributed by atoms with Gasteiger partial charge in [-0.15, -0.1) is 0 Å². The number of hydrogen-bond donors (Lipinski definition) is 0. The Morgan fingerprint density at radius 1 is 1.18 bits per heavy atom. The number of carbonyl (C=O) groups is 2. The lowest BCUT2D eigenvalue weighted by molar-refractivity contribution is -0.140. The Morgan fingerprint density at radius 3 is 2.47 bits per heavy atom. The quantitative estimate of drug-likeness (QED) is 0.686. The Labute approximate surface area is 103 Å². The Hall–Kier alpha value is -0.900. The van der Waals surface area contributed by atoms with E-state index in [0.717, 1.165) is 26.2 Å². The number of piperidine rings is 2. The summed E-state index contributed by atoms with van der Waals surface area (Å²) in [5.74, 6) is 0.779. The van der Waals surface area contributed by atoms with E-state index in [1.807, 2.05) is 4.90 Å². The summed E-state index contributed by atoms with van der Waals surface area (Å²) >= 11 is 0. The number of amides is 1. The number of hydrogen-bond acceptors (Lipinski definition) is 3. The van der Waals surface area contributed by atoms with Crippen LogP contribution in [-0.2, 0) is 9.59 Å². The van der Waals surface area contributed by atoms with E-state index in [4.69, 9.17) is 0 Å². The van der Waals surface area contributed by atoms with Crippen molar-refractivity contribution < 1.29 is 9.59 Å². The topological polar surface area (TPSA) is 40.6 Å². The van der Waals surface area contributed by atoms with Gasteiger partial charge in [0, 0.05) is 19.5 Å². The molecule has 0 radical (unpaired) electrons. The third-order valence-electron chi connectivity index (χ3n) is 3.99. The van der Waals surface area contributed by atoms with Crippen LogP contribution in [-0.4, -0.2) is 54.2 Å². The second kappa shape index (κ2) is 5.63. The molecule has 2 aliphatic heterocycles. The summed E-state index contributed by atoms with van der Waals surface area (Å²) in [4.78, 5) is 27.2. The highest BCUT2D eigenvalue weighted by atomic mass is 16.2. The van der Waals surface area contributed by atoms with Gasteiger partial charge in [-0.25, -0.2) is 0 Å². The normalized spacial score (nSPS) is 24.4. The van der Waals surface area contributed by atoms with Gasteiger partial charge in [-0.2, -0.15) is 0 Å². The fourth-order valence-electron chi connectivity index (χ4n) is 2.74. The van der Waals surface area contributed by atoms with Gasteiger partial charge in [0.2, 0.25) is 5.91 Å². The van der Waals surface area contributed by atoms with E-state index in [1.54, 1.807) is 0 Å². The summed E-state index contributed by atoms with van der Waals surface area (Å²) in [6, 6.07) is 0. The predicted molar refractivity (Wildman–Crippen MR) is 65.7 cm³/mol. The molecule has 0 aromatic carbocycles. The first-order chi connectivity index (χ1) is 8.19. The summed E-state index contributed by atoms with van der Waals surface area (Å²) < 4.78 is 0. The Morgan fingerprint density at radius 2 is 1.88 bits per heavy atom. The van der Waals surface area contributed by atoms with Gasteiger partial charge in [0.25, 0.3) is 0 Å². The van der Waals surface area contributed by atoms with E-state index in [0.29, 0.717) is 18.9 Å². The molecule has 4 nitrogen and oxygen atoms in total. The molecule has 17 heavy (non-hydrogen) atoms. The number of Topliss-reactive ketones (excluding diaryl/α,β-unsaturated/α-hetero) is 1. The molecule has 0 spiro atoms. The minimum atomic E-state index is 0.0409. The molecular formula is C13H22N2O2. The fraction of sp³-hybridized carbons (Fsp3) is 0.846. The van der Waals surface area contributed by atoms with E-state index in [1.165, 1.54) is 12.8 Å². The van der Waals surface area contributed by atoms with Gasteiger partial charge in [0.1, 0.15) is 5.78 Å². The van der Waals surface area contributed by atoms with Crippen LogP contribution in [0.5, 0.6) is 0 Å². The molecule has 2 aliphatic rings. The van der Waals surface area contributed by atoms with E-state index < -0.39 is 0 Å². The highest BCUT2D eigenvalue weighted by Gasteiger charge is 2.27. The molecule has 1 amide bonds. The summed E-state index contributed by atoms with van der Waals surface area (Å²) in [6.07, 6.45) is 3.06. The van der Waals surface area contributed by atoms with Gasteiger partial charge in [0.15, 0.2) is 0 Å². The first-order valence-corrected chi connectivity index (χ1v) is 6.71. The lowest BCUT2D eigenvalue weighted by atomic mass is 9.95. The molecule has 0 unspecified atom stereocenters. The highest BCUT2D eigenvalue weighted by Crippen LogP contribution is 2.20. The summed E-state index contributed by atoms with van der Waals surface area (Å²) in [6.45, 7) is 7.14. The van der Waals surface area contributed by atoms with Gasteiger partial charge in [-0.05, 0) is 38.4 Å². The average Bonchev–Trinajstić information content (AvgIpc) is 2.34. The number of ketones is 1. The van der Waals surface area contributed by atoms with Crippen LogP contribution < -0.4 is 0 Å². The Balaban J connectivity index is 1.78. The van der Waals surface area contributed by atoms with Crippen LogP contribution in [0.25, 0.3) is 0 Å². The molecular weight excluding hydrogens is 216 g/mol. The lowest BCUT2D eigenvalue weighted by Crippen LogP contribution is -2.44. The summed E-state index contributed by atoms with van der Waals surface area (Å²) in [5, 5.41) is 0. The van der Waals surface area contributed by atoms with Crippen LogP contribution in [0.3, 0.4) is 0 Å². The zero-order chi connectivity index (χ0) is 12.3. The largest absolute Gasteiger partial charge is 0.342 e. The number of likely N-dealkylation sites (tertiary alicyclic amines) is 2. The third kappa shape index (κ3) is 3.28. The summed E-state index contributed by atoms with van der Waals surface area (Å²) in [5.41, 5.74) is 0. The summed E-state index contributed by atoms with van der Waals surface area (Å²) in [7, 11) is 0. The molecule has 2 fully saturated rings. The van der Waals surface area contributed by atoms with Gasteiger partial charge < -0.3 is 9.80 Å². The van der Waals surface area contributed by atoms with Crippen molar-refractivity contribution in [3.63, 3.8) is 0 Å².